The summed E-state index contributed by atoms with van der Waals surface area (Å²) >= 11 is 0.534. The minimum absolute atomic E-state index is 0.105. The number of halogens is 3. The Morgan fingerprint density at radius 3 is 2.53 bits per heavy atom. The Balaban J connectivity index is 1.75. The van der Waals surface area contributed by atoms with E-state index in [0.29, 0.717) is 39.6 Å². The first-order valence-corrected chi connectivity index (χ1v) is 9.67. The number of nitrogens with one attached hydrogen (secondary N) is 2. The van der Waals surface area contributed by atoms with E-state index >= 15 is 0 Å². The molecular formula is C20H18F3N3O3S. The Bertz CT molecular complexity index is 1020. The van der Waals surface area contributed by atoms with Gasteiger partial charge in [0.05, 0.1) is 30.7 Å². The summed E-state index contributed by atoms with van der Waals surface area (Å²) in [6.45, 7) is 0.155. The van der Waals surface area contributed by atoms with E-state index in [-0.39, 0.29) is 24.8 Å². The lowest BCUT2D eigenvalue weighted by Crippen LogP contribution is -2.16. The Morgan fingerprint density at radius 1 is 1.20 bits per heavy atom. The van der Waals surface area contributed by atoms with Crippen LogP contribution >= 0.6 is 11.3 Å². The first-order chi connectivity index (χ1) is 14.3. The van der Waals surface area contributed by atoms with Crippen LogP contribution in [0.25, 0.3) is 11.3 Å². The van der Waals surface area contributed by atoms with E-state index in [9.17, 15) is 18.0 Å². The smallest absolute Gasteiger partial charge is 0.443 e. The highest BCUT2D eigenvalue weighted by atomic mass is 32.1. The van der Waals surface area contributed by atoms with Crippen LogP contribution in [0.15, 0.2) is 47.8 Å². The molecule has 1 aromatic heterocycles. The third-order valence-electron chi connectivity index (χ3n) is 4.08. The molecule has 0 unspecified atom stereocenters. The number of hydrogen-bond acceptors (Lipinski definition) is 6. The van der Waals surface area contributed by atoms with Crippen LogP contribution in [0.3, 0.4) is 0 Å². The lowest BCUT2D eigenvalue weighted by Gasteiger charge is -2.13. The van der Waals surface area contributed by atoms with Crippen LogP contribution in [-0.4, -0.2) is 36.3 Å². The fraction of sp³-hybridized carbons (Fsp3) is 0.200. The third-order valence-corrected chi connectivity index (χ3v) is 4.97. The predicted octanol–water partition coefficient (Wildman–Crippen LogP) is 4.49. The number of aliphatic hydroxyl groups excluding tert-OH is 1. The van der Waals surface area contributed by atoms with Crippen LogP contribution in [0.1, 0.15) is 15.4 Å². The van der Waals surface area contributed by atoms with Crippen molar-refractivity contribution in [2.24, 2.45) is 0 Å². The molecule has 2 aromatic carbocycles. The summed E-state index contributed by atoms with van der Waals surface area (Å²) < 4.78 is 43.3. The Labute approximate surface area is 174 Å². The van der Waals surface area contributed by atoms with Crippen molar-refractivity contribution in [1.82, 2.24) is 4.98 Å². The summed E-state index contributed by atoms with van der Waals surface area (Å²) in [5.74, 6) is 0.164. The van der Waals surface area contributed by atoms with Crippen LogP contribution in [0, 0.1) is 0 Å². The third kappa shape index (κ3) is 5.08. The van der Waals surface area contributed by atoms with Crippen LogP contribution < -0.4 is 15.4 Å². The second-order valence-corrected chi connectivity index (χ2v) is 6.99. The Hall–Kier alpha value is -3.11. The number of ether oxygens (including phenoxy) is 1. The molecule has 158 valence electrons. The summed E-state index contributed by atoms with van der Waals surface area (Å²) in [7, 11) is 1.51. The molecule has 0 fully saturated rings. The normalized spacial score (nSPS) is 11.2. The first kappa shape index (κ1) is 21.6. The van der Waals surface area contributed by atoms with Crippen molar-refractivity contribution in [3.8, 4) is 17.0 Å². The van der Waals surface area contributed by atoms with Gasteiger partial charge < -0.3 is 20.5 Å². The number of anilines is 2. The first-order valence-electron chi connectivity index (χ1n) is 8.79. The molecule has 0 atom stereocenters. The van der Waals surface area contributed by atoms with Gasteiger partial charge >= 0.3 is 6.18 Å². The molecule has 0 aliphatic heterocycles. The average Bonchev–Trinajstić information content (AvgIpc) is 3.23. The van der Waals surface area contributed by atoms with Crippen molar-refractivity contribution >= 4 is 28.6 Å². The van der Waals surface area contributed by atoms with Gasteiger partial charge in [-0.3, -0.25) is 4.79 Å². The molecule has 0 aliphatic carbocycles. The molecule has 1 amide bonds. The summed E-state index contributed by atoms with van der Waals surface area (Å²) in [5.41, 5.74) is 2.05. The molecule has 3 aromatic rings. The van der Waals surface area contributed by atoms with Gasteiger partial charge in [-0.15, -0.1) is 11.3 Å². The zero-order valence-electron chi connectivity index (χ0n) is 15.8. The molecule has 10 heteroatoms. The van der Waals surface area contributed by atoms with Crippen molar-refractivity contribution in [1.29, 1.82) is 0 Å². The maximum atomic E-state index is 12.7. The monoisotopic (exact) mass is 437 g/mol. The summed E-state index contributed by atoms with van der Waals surface area (Å²) in [4.78, 5) is 16.3. The van der Waals surface area contributed by atoms with Gasteiger partial charge in [0, 0.05) is 29.2 Å². The number of thiazole rings is 1. The van der Waals surface area contributed by atoms with Crippen molar-refractivity contribution in [3.05, 3.63) is 58.4 Å². The highest BCUT2D eigenvalue weighted by Crippen LogP contribution is 2.34. The second kappa shape index (κ2) is 9.14. The van der Waals surface area contributed by atoms with Gasteiger partial charge in [-0.2, -0.15) is 13.2 Å². The van der Waals surface area contributed by atoms with E-state index in [2.05, 4.69) is 15.6 Å². The molecule has 0 aliphatic rings. The van der Waals surface area contributed by atoms with Gasteiger partial charge in [-0.05, 0) is 24.3 Å². The minimum Gasteiger partial charge on any atom is -0.497 e. The Morgan fingerprint density at radius 2 is 1.93 bits per heavy atom. The fourth-order valence-electron chi connectivity index (χ4n) is 2.64. The number of rotatable bonds is 7. The lowest BCUT2D eigenvalue weighted by molar-refractivity contribution is -0.137. The quantitative estimate of drug-likeness (QED) is 0.507. The van der Waals surface area contributed by atoms with Crippen molar-refractivity contribution < 1.29 is 27.8 Å². The van der Waals surface area contributed by atoms with Crippen LogP contribution in [0.2, 0.25) is 0 Å². The van der Waals surface area contributed by atoms with Gasteiger partial charge in [0.2, 0.25) is 0 Å². The molecule has 0 saturated carbocycles. The van der Waals surface area contributed by atoms with E-state index in [4.69, 9.17) is 9.84 Å². The summed E-state index contributed by atoms with van der Waals surface area (Å²) in [5, 5.41) is 15.2. The van der Waals surface area contributed by atoms with Crippen LogP contribution in [-0.2, 0) is 6.18 Å². The van der Waals surface area contributed by atoms with E-state index in [1.807, 2.05) is 0 Å². The molecule has 0 radical (unpaired) electrons. The van der Waals surface area contributed by atoms with Gasteiger partial charge in [0.1, 0.15) is 5.75 Å². The largest absolute Gasteiger partial charge is 0.497 e. The summed E-state index contributed by atoms with van der Waals surface area (Å²) in [6.07, 6.45) is -4.48. The zero-order valence-corrected chi connectivity index (χ0v) is 16.6. The van der Waals surface area contributed by atoms with Crippen LogP contribution in [0.5, 0.6) is 5.75 Å². The molecule has 0 saturated heterocycles. The van der Waals surface area contributed by atoms with Crippen molar-refractivity contribution in [2.45, 2.75) is 6.18 Å². The number of carbonyl (C=O) groups excluding carboxylic acids is 1. The predicted molar refractivity (Wildman–Crippen MR) is 109 cm³/mol. The molecule has 3 rings (SSSR count). The van der Waals surface area contributed by atoms with Crippen molar-refractivity contribution in [3.63, 3.8) is 0 Å². The maximum Gasteiger partial charge on any atom is 0.443 e. The zero-order chi connectivity index (χ0) is 21.7. The van der Waals surface area contributed by atoms with Crippen LogP contribution in [0.4, 0.5) is 24.5 Å². The topological polar surface area (TPSA) is 83.5 Å². The molecule has 30 heavy (non-hydrogen) atoms. The number of benzene rings is 2. The fourth-order valence-corrected chi connectivity index (χ4v) is 3.34. The lowest BCUT2D eigenvalue weighted by atomic mass is 10.1. The highest BCUT2D eigenvalue weighted by molar-refractivity contribution is 7.10. The van der Waals surface area contributed by atoms with Crippen molar-refractivity contribution in [2.75, 3.05) is 30.9 Å². The number of hydrogen-bond donors (Lipinski definition) is 3. The number of carbonyl (C=O) groups is 1. The summed E-state index contributed by atoms with van der Waals surface area (Å²) in [6, 6.07) is 11.2. The minimum atomic E-state index is -4.48. The van der Waals surface area contributed by atoms with Gasteiger partial charge in [0.15, 0.2) is 5.01 Å². The second-order valence-electron chi connectivity index (χ2n) is 6.13. The van der Waals surface area contributed by atoms with E-state index in [1.165, 1.54) is 12.5 Å². The number of methoxy groups -OCH3 is 1. The molecule has 6 nitrogen and oxygen atoms in total. The average molecular weight is 437 g/mol. The number of nitrogens with zero attached hydrogens (tertiary/aromatic N) is 1. The number of aliphatic hydroxyl groups is 1. The van der Waals surface area contributed by atoms with E-state index in [1.54, 1.807) is 42.5 Å². The molecule has 1 heterocycles. The molecule has 3 N–H and O–H groups in total. The number of amides is 1. The van der Waals surface area contributed by atoms with E-state index in [0.717, 1.165) is 0 Å². The maximum absolute atomic E-state index is 12.7. The number of alkyl halides is 3. The van der Waals surface area contributed by atoms with Gasteiger partial charge in [0.25, 0.3) is 5.91 Å². The molecular weight excluding hydrogens is 419 g/mol. The Kier molecular flexibility index (Phi) is 6.58. The molecule has 0 bridgehead atoms. The van der Waals surface area contributed by atoms with Gasteiger partial charge in [-0.1, -0.05) is 12.1 Å². The van der Waals surface area contributed by atoms with E-state index < -0.39 is 11.2 Å². The standard InChI is InChI=1S/C20H18F3N3O3S/c1-29-14-6-7-15(16(10-14)24-8-9-27)18(28)25-13-4-2-12(3-5-13)17-11-30-19(26-17)20(21,22)23/h2-7,10-11,24,27H,8-9H2,1H3,(H,25,28). The highest BCUT2D eigenvalue weighted by Gasteiger charge is 2.34. The SMILES string of the molecule is COc1ccc(C(=O)Nc2ccc(-c3csc(C(F)(F)F)n3)cc2)c(NCCO)c1. The van der Waals surface area contributed by atoms with Gasteiger partial charge in [-0.25, -0.2) is 4.98 Å². The molecule has 0 spiro atoms. The number of aromatic nitrogens is 1.